The summed E-state index contributed by atoms with van der Waals surface area (Å²) in [6.07, 6.45) is -3.02. The van der Waals surface area contributed by atoms with Crippen LogP contribution in [-0.4, -0.2) is 35.0 Å². The highest BCUT2D eigenvalue weighted by atomic mass is 19.4. The maximum absolute atomic E-state index is 13.0. The Bertz CT molecular complexity index is 652. The van der Waals surface area contributed by atoms with Gasteiger partial charge in [0.15, 0.2) is 0 Å². The third-order valence-corrected chi connectivity index (χ3v) is 3.85. The fourth-order valence-electron chi connectivity index (χ4n) is 2.59. The summed E-state index contributed by atoms with van der Waals surface area (Å²) in [6, 6.07) is 5.04. The van der Waals surface area contributed by atoms with Crippen molar-refractivity contribution in [1.82, 2.24) is 4.90 Å². The Morgan fingerprint density at radius 2 is 1.96 bits per heavy atom. The van der Waals surface area contributed by atoms with E-state index in [9.17, 15) is 22.8 Å². The largest absolute Gasteiger partial charge is 0.481 e. The van der Waals surface area contributed by atoms with Crippen molar-refractivity contribution < 1.29 is 27.9 Å². The number of aliphatic carboxylic acids is 1. The van der Waals surface area contributed by atoms with E-state index < -0.39 is 29.5 Å². The van der Waals surface area contributed by atoms with Crippen molar-refractivity contribution in [3.05, 3.63) is 41.5 Å². The van der Waals surface area contributed by atoms with Crippen LogP contribution in [0.15, 0.2) is 30.3 Å². The predicted octanol–water partition coefficient (Wildman–Crippen LogP) is 3.04. The molecule has 1 heterocycles. The number of rotatable bonds is 3. The normalized spacial score (nSPS) is 19.0. The molecular formula is C16H16F3NO3. The number of amides is 1. The minimum absolute atomic E-state index is 0.0534. The van der Waals surface area contributed by atoms with Crippen molar-refractivity contribution in [1.29, 1.82) is 0 Å². The van der Waals surface area contributed by atoms with E-state index in [4.69, 9.17) is 5.11 Å². The number of carbonyl (C=O) groups is 2. The van der Waals surface area contributed by atoms with Crippen LogP contribution in [0.2, 0.25) is 0 Å². The number of nitrogens with zero attached hydrogens (tertiary/aromatic N) is 1. The highest BCUT2D eigenvalue weighted by Crippen LogP contribution is 2.34. The average molecular weight is 327 g/mol. The molecule has 0 aromatic heterocycles. The molecule has 1 atom stereocenters. The van der Waals surface area contributed by atoms with Gasteiger partial charge in [0.2, 0.25) is 5.91 Å². The van der Waals surface area contributed by atoms with Crippen molar-refractivity contribution in [3.8, 4) is 0 Å². The third kappa shape index (κ3) is 3.91. The molecule has 1 aliphatic rings. The number of carboxylic acids is 1. The Balaban J connectivity index is 2.21. The van der Waals surface area contributed by atoms with E-state index in [0.717, 1.165) is 12.1 Å². The highest BCUT2D eigenvalue weighted by Gasteiger charge is 2.34. The van der Waals surface area contributed by atoms with Crippen LogP contribution >= 0.6 is 0 Å². The molecule has 1 aliphatic heterocycles. The van der Waals surface area contributed by atoms with Gasteiger partial charge in [-0.05, 0) is 30.5 Å². The maximum Gasteiger partial charge on any atom is 0.416 e. The number of hydrogen-bond donors (Lipinski definition) is 1. The van der Waals surface area contributed by atoms with Crippen LogP contribution < -0.4 is 0 Å². The monoisotopic (exact) mass is 327 g/mol. The summed E-state index contributed by atoms with van der Waals surface area (Å²) in [5.41, 5.74) is -0.657. The van der Waals surface area contributed by atoms with Crippen molar-refractivity contribution in [2.24, 2.45) is 5.92 Å². The minimum Gasteiger partial charge on any atom is -0.481 e. The smallest absolute Gasteiger partial charge is 0.416 e. The first-order valence-electron chi connectivity index (χ1n) is 7.06. The van der Waals surface area contributed by atoms with Crippen LogP contribution in [0, 0.1) is 5.92 Å². The fourth-order valence-corrected chi connectivity index (χ4v) is 2.59. The predicted molar refractivity (Wildman–Crippen MR) is 77.4 cm³/mol. The van der Waals surface area contributed by atoms with Gasteiger partial charge < -0.3 is 10.0 Å². The zero-order chi connectivity index (χ0) is 17.2. The second-order valence-corrected chi connectivity index (χ2v) is 5.48. The molecule has 0 spiro atoms. The molecule has 1 N–H and O–H groups in total. The maximum atomic E-state index is 13.0. The molecule has 1 saturated heterocycles. The van der Waals surface area contributed by atoms with Crippen LogP contribution in [0.1, 0.15) is 24.5 Å². The molecule has 1 aromatic rings. The number of hydrogen-bond acceptors (Lipinski definition) is 2. The van der Waals surface area contributed by atoms with Gasteiger partial charge in [0, 0.05) is 19.2 Å². The fraction of sp³-hybridized carbons (Fsp3) is 0.375. The molecule has 0 bridgehead atoms. The molecule has 2 rings (SSSR count). The lowest BCUT2D eigenvalue weighted by atomic mass is 10.00. The summed E-state index contributed by atoms with van der Waals surface area (Å²) >= 11 is 0. The Morgan fingerprint density at radius 1 is 1.30 bits per heavy atom. The quantitative estimate of drug-likeness (QED) is 0.868. The van der Waals surface area contributed by atoms with E-state index in [1.54, 1.807) is 0 Å². The van der Waals surface area contributed by atoms with Crippen LogP contribution in [0.25, 0.3) is 5.57 Å². The second-order valence-electron chi connectivity index (χ2n) is 5.48. The summed E-state index contributed by atoms with van der Waals surface area (Å²) in [4.78, 5) is 24.4. The van der Waals surface area contributed by atoms with Crippen molar-refractivity contribution >= 4 is 17.4 Å². The SMILES string of the molecule is C/C(=C/C(=O)N1CCC(C(=O)O)C1)c1ccccc1C(F)(F)F. The Hall–Kier alpha value is -2.31. The van der Waals surface area contributed by atoms with Gasteiger partial charge in [-0.25, -0.2) is 0 Å². The molecule has 1 fully saturated rings. The standard InChI is InChI=1S/C16H16F3NO3/c1-10(12-4-2-3-5-13(12)16(17,18)19)8-14(21)20-7-6-11(9-20)15(22)23/h2-5,8,11H,6-7,9H2,1H3,(H,22,23)/b10-8-. The molecule has 1 unspecified atom stereocenters. The topological polar surface area (TPSA) is 57.6 Å². The molecular weight excluding hydrogens is 311 g/mol. The summed E-state index contributed by atoms with van der Waals surface area (Å²) < 4.78 is 39.0. The minimum atomic E-state index is -4.50. The summed E-state index contributed by atoms with van der Waals surface area (Å²) in [5, 5.41) is 8.92. The third-order valence-electron chi connectivity index (χ3n) is 3.85. The second kappa shape index (κ2) is 6.44. The zero-order valence-corrected chi connectivity index (χ0v) is 12.4. The van der Waals surface area contributed by atoms with Gasteiger partial charge in [0.1, 0.15) is 0 Å². The van der Waals surface area contributed by atoms with E-state index in [2.05, 4.69) is 0 Å². The Kier molecular flexibility index (Phi) is 4.77. The first-order valence-corrected chi connectivity index (χ1v) is 7.06. The molecule has 4 nitrogen and oxygen atoms in total. The first kappa shape index (κ1) is 17.1. The van der Waals surface area contributed by atoms with E-state index >= 15 is 0 Å². The number of benzene rings is 1. The number of alkyl halides is 3. The molecule has 0 saturated carbocycles. The van der Waals surface area contributed by atoms with Gasteiger partial charge in [-0.3, -0.25) is 9.59 Å². The molecule has 124 valence electrons. The number of likely N-dealkylation sites (tertiary alicyclic amines) is 1. The summed E-state index contributed by atoms with van der Waals surface area (Å²) in [6.45, 7) is 1.81. The van der Waals surface area contributed by atoms with Crippen molar-refractivity contribution in [3.63, 3.8) is 0 Å². The van der Waals surface area contributed by atoms with Gasteiger partial charge in [0.05, 0.1) is 11.5 Å². The lowest BCUT2D eigenvalue weighted by Crippen LogP contribution is -2.28. The van der Waals surface area contributed by atoms with Crippen LogP contribution in [-0.2, 0) is 15.8 Å². The zero-order valence-electron chi connectivity index (χ0n) is 12.4. The van der Waals surface area contributed by atoms with Gasteiger partial charge >= 0.3 is 12.1 Å². The van der Waals surface area contributed by atoms with Gasteiger partial charge in [0.25, 0.3) is 0 Å². The molecule has 0 aliphatic carbocycles. The van der Waals surface area contributed by atoms with Gasteiger partial charge in [-0.1, -0.05) is 18.2 Å². The molecule has 0 radical (unpaired) electrons. The van der Waals surface area contributed by atoms with E-state index in [0.29, 0.717) is 13.0 Å². The number of allylic oxidation sites excluding steroid dienone is 1. The van der Waals surface area contributed by atoms with Gasteiger partial charge in [-0.15, -0.1) is 0 Å². The molecule has 1 amide bonds. The van der Waals surface area contributed by atoms with Crippen LogP contribution in [0.4, 0.5) is 13.2 Å². The number of halogens is 3. The van der Waals surface area contributed by atoms with E-state index in [1.807, 2.05) is 0 Å². The number of carbonyl (C=O) groups excluding carboxylic acids is 1. The van der Waals surface area contributed by atoms with Crippen LogP contribution in [0.5, 0.6) is 0 Å². The van der Waals surface area contributed by atoms with E-state index in [1.165, 1.54) is 30.0 Å². The van der Waals surface area contributed by atoms with Crippen molar-refractivity contribution in [2.45, 2.75) is 19.5 Å². The molecule has 1 aromatic carbocycles. The molecule has 23 heavy (non-hydrogen) atoms. The lowest BCUT2D eigenvalue weighted by molar-refractivity contribution is -0.141. The summed E-state index contributed by atoms with van der Waals surface area (Å²) in [5.74, 6) is -2.05. The highest BCUT2D eigenvalue weighted by molar-refractivity contribution is 5.95. The first-order chi connectivity index (χ1) is 10.7. The number of carboxylic acid groups (broad SMARTS) is 1. The van der Waals surface area contributed by atoms with E-state index in [-0.39, 0.29) is 17.7 Å². The van der Waals surface area contributed by atoms with Crippen LogP contribution in [0.3, 0.4) is 0 Å². The average Bonchev–Trinajstić information content (AvgIpc) is 2.96. The molecule has 7 heteroatoms. The summed E-state index contributed by atoms with van der Waals surface area (Å²) in [7, 11) is 0. The Labute approximate surface area is 131 Å². The van der Waals surface area contributed by atoms with Crippen molar-refractivity contribution in [2.75, 3.05) is 13.1 Å². The lowest BCUT2D eigenvalue weighted by Gasteiger charge is -2.16. The van der Waals surface area contributed by atoms with Gasteiger partial charge in [-0.2, -0.15) is 13.2 Å². The Morgan fingerprint density at radius 3 is 2.52 bits per heavy atom.